The van der Waals surface area contributed by atoms with Crippen molar-refractivity contribution in [1.82, 2.24) is 14.9 Å². The number of benzene rings is 2. The summed E-state index contributed by atoms with van der Waals surface area (Å²) in [6.45, 7) is 2.28. The molecule has 2 aromatic carbocycles. The van der Waals surface area contributed by atoms with Crippen LogP contribution >= 0.6 is 27.7 Å². The second kappa shape index (κ2) is 9.84. The number of thioether (sulfide) groups is 1. The molecule has 3 rings (SSSR count). The first-order valence-corrected chi connectivity index (χ1v) is 10.6. The predicted octanol–water partition coefficient (Wildman–Crippen LogP) is 4.45. The third-order valence-corrected chi connectivity index (χ3v) is 5.89. The van der Waals surface area contributed by atoms with Crippen molar-refractivity contribution >= 4 is 33.6 Å². The lowest BCUT2D eigenvalue weighted by molar-refractivity contribution is -0.120. The maximum Gasteiger partial charge on any atom is 0.233 e. The van der Waals surface area contributed by atoms with Gasteiger partial charge in [-0.15, -0.1) is 0 Å². The van der Waals surface area contributed by atoms with E-state index in [2.05, 4.69) is 26.2 Å². The second-order valence-electron chi connectivity index (χ2n) is 6.22. The van der Waals surface area contributed by atoms with Gasteiger partial charge in [0.1, 0.15) is 0 Å². The number of carbonyl (C=O) groups excluding carboxylic acids is 1. The summed E-state index contributed by atoms with van der Waals surface area (Å²) in [6.07, 6.45) is 3.62. The molecule has 0 bridgehead atoms. The number of amides is 1. The summed E-state index contributed by atoms with van der Waals surface area (Å²) in [4.78, 5) is 17.0. The van der Waals surface area contributed by atoms with Gasteiger partial charge in [0, 0.05) is 29.1 Å². The number of nitrogens with zero attached hydrogens (tertiary/aromatic N) is 2. The van der Waals surface area contributed by atoms with Crippen LogP contribution in [0.2, 0.25) is 0 Å². The minimum Gasteiger partial charge on any atom is -0.493 e. The van der Waals surface area contributed by atoms with Crippen molar-refractivity contribution in [2.45, 2.75) is 23.9 Å². The van der Waals surface area contributed by atoms with Crippen molar-refractivity contribution in [2.24, 2.45) is 0 Å². The fourth-order valence-corrected chi connectivity index (χ4v) is 3.88. The Kier molecular flexibility index (Phi) is 7.22. The van der Waals surface area contributed by atoms with Crippen LogP contribution in [0.5, 0.6) is 11.5 Å². The van der Waals surface area contributed by atoms with Gasteiger partial charge in [0.25, 0.3) is 0 Å². The standard InChI is InChI=1S/C21H22BrN3O3S/c1-14(20(26)24-13-15-4-9-18(27-2)19(12-15)28-3)29-21-23-10-11-25(21)17-7-5-16(22)6-8-17/h4-12,14H,13H2,1-3H3,(H,24,26). The van der Waals surface area contributed by atoms with E-state index in [1.165, 1.54) is 11.8 Å². The molecule has 0 aliphatic heterocycles. The number of hydrogen-bond donors (Lipinski definition) is 1. The van der Waals surface area contributed by atoms with Gasteiger partial charge in [0.15, 0.2) is 16.7 Å². The maximum atomic E-state index is 12.6. The Morgan fingerprint density at radius 3 is 2.59 bits per heavy atom. The number of rotatable bonds is 8. The molecule has 0 fully saturated rings. The van der Waals surface area contributed by atoms with Gasteiger partial charge in [0.05, 0.1) is 19.5 Å². The molecule has 1 heterocycles. The quantitative estimate of drug-likeness (QED) is 0.487. The molecule has 1 atom stereocenters. The van der Waals surface area contributed by atoms with Crippen LogP contribution in [0.3, 0.4) is 0 Å². The summed E-state index contributed by atoms with van der Waals surface area (Å²) >= 11 is 4.86. The fourth-order valence-electron chi connectivity index (χ4n) is 2.71. The van der Waals surface area contributed by atoms with Gasteiger partial charge < -0.3 is 14.8 Å². The first-order chi connectivity index (χ1) is 14.0. The summed E-state index contributed by atoms with van der Waals surface area (Å²) in [5.41, 5.74) is 1.93. The van der Waals surface area contributed by atoms with Gasteiger partial charge in [-0.1, -0.05) is 33.8 Å². The molecule has 1 unspecified atom stereocenters. The number of hydrogen-bond acceptors (Lipinski definition) is 5. The highest BCUT2D eigenvalue weighted by Crippen LogP contribution is 2.28. The highest BCUT2D eigenvalue weighted by molar-refractivity contribution is 9.10. The Balaban J connectivity index is 1.62. The molecule has 0 spiro atoms. The van der Waals surface area contributed by atoms with Gasteiger partial charge in [0.2, 0.25) is 5.91 Å². The van der Waals surface area contributed by atoms with Crippen LogP contribution in [0.15, 0.2) is 64.5 Å². The molecule has 1 amide bonds. The summed E-state index contributed by atoms with van der Waals surface area (Å²) in [5, 5.41) is 3.43. The van der Waals surface area contributed by atoms with E-state index in [1.807, 2.05) is 60.2 Å². The van der Waals surface area contributed by atoms with Gasteiger partial charge in [-0.05, 0) is 48.9 Å². The zero-order valence-electron chi connectivity index (χ0n) is 16.4. The third-order valence-electron chi connectivity index (χ3n) is 4.28. The van der Waals surface area contributed by atoms with Crippen LogP contribution in [0.1, 0.15) is 12.5 Å². The van der Waals surface area contributed by atoms with E-state index < -0.39 is 0 Å². The molecule has 152 valence electrons. The lowest BCUT2D eigenvalue weighted by atomic mass is 10.2. The van der Waals surface area contributed by atoms with E-state index in [4.69, 9.17) is 9.47 Å². The summed E-state index contributed by atoms with van der Waals surface area (Å²) < 4.78 is 13.5. The highest BCUT2D eigenvalue weighted by atomic mass is 79.9. The van der Waals surface area contributed by atoms with Crippen molar-refractivity contribution in [2.75, 3.05) is 14.2 Å². The average Bonchev–Trinajstić information content (AvgIpc) is 3.20. The molecule has 0 aliphatic carbocycles. The molecule has 6 nitrogen and oxygen atoms in total. The van der Waals surface area contributed by atoms with Crippen molar-refractivity contribution in [3.63, 3.8) is 0 Å². The Bertz CT molecular complexity index is 976. The van der Waals surface area contributed by atoms with Crippen LogP contribution < -0.4 is 14.8 Å². The topological polar surface area (TPSA) is 65.4 Å². The molecule has 3 aromatic rings. The minimum absolute atomic E-state index is 0.0601. The van der Waals surface area contributed by atoms with E-state index in [0.717, 1.165) is 20.9 Å². The average molecular weight is 476 g/mol. The Hall–Kier alpha value is -2.45. The normalized spacial score (nSPS) is 11.7. The minimum atomic E-state index is -0.299. The van der Waals surface area contributed by atoms with E-state index in [1.54, 1.807) is 20.4 Å². The molecule has 0 radical (unpaired) electrons. The van der Waals surface area contributed by atoms with Crippen molar-refractivity contribution < 1.29 is 14.3 Å². The van der Waals surface area contributed by atoms with Gasteiger partial charge in [-0.3, -0.25) is 9.36 Å². The summed E-state index contributed by atoms with van der Waals surface area (Å²) in [5.74, 6) is 1.24. The molecular weight excluding hydrogens is 454 g/mol. The van der Waals surface area contributed by atoms with Crippen molar-refractivity contribution in [1.29, 1.82) is 0 Å². The number of ether oxygens (including phenoxy) is 2. The monoisotopic (exact) mass is 475 g/mol. The van der Waals surface area contributed by atoms with Gasteiger partial charge >= 0.3 is 0 Å². The first-order valence-electron chi connectivity index (χ1n) is 8.96. The number of carbonyl (C=O) groups is 1. The van der Waals surface area contributed by atoms with E-state index in [9.17, 15) is 4.79 Å². The molecule has 1 N–H and O–H groups in total. The zero-order valence-corrected chi connectivity index (χ0v) is 18.8. The smallest absolute Gasteiger partial charge is 0.233 e. The first kappa shape index (κ1) is 21.3. The van der Waals surface area contributed by atoms with Crippen LogP contribution in [0.4, 0.5) is 0 Å². The number of aromatic nitrogens is 2. The number of halogens is 1. The molecule has 8 heteroatoms. The SMILES string of the molecule is COc1ccc(CNC(=O)C(C)Sc2nccn2-c2ccc(Br)cc2)cc1OC. The fraction of sp³-hybridized carbons (Fsp3) is 0.238. The van der Waals surface area contributed by atoms with Gasteiger partial charge in [-0.2, -0.15) is 0 Å². The molecule has 1 aromatic heterocycles. The number of methoxy groups -OCH3 is 2. The summed E-state index contributed by atoms with van der Waals surface area (Å²) in [6, 6.07) is 13.5. The zero-order chi connectivity index (χ0) is 20.8. The van der Waals surface area contributed by atoms with Crippen LogP contribution in [-0.4, -0.2) is 34.9 Å². The lowest BCUT2D eigenvalue weighted by Gasteiger charge is -2.14. The highest BCUT2D eigenvalue weighted by Gasteiger charge is 2.18. The largest absolute Gasteiger partial charge is 0.493 e. The number of imidazole rings is 1. The Morgan fingerprint density at radius 1 is 1.17 bits per heavy atom. The Morgan fingerprint density at radius 2 is 1.90 bits per heavy atom. The molecular formula is C21H22BrN3O3S. The molecule has 0 saturated carbocycles. The van der Waals surface area contributed by atoms with Crippen molar-refractivity contribution in [3.05, 3.63) is 64.9 Å². The number of nitrogens with one attached hydrogen (secondary N) is 1. The van der Waals surface area contributed by atoms with E-state index in [-0.39, 0.29) is 11.2 Å². The molecule has 29 heavy (non-hydrogen) atoms. The lowest BCUT2D eigenvalue weighted by Crippen LogP contribution is -2.30. The van der Waals surface area contributed by atoms with Crippen LogP contribution in [-0.2, 0) is 11.3 Å². The van der Waals surface area contributed by atoms with E-state index in [0.29, 0.717) is 18.0 Å². The maximum absolute atomic E-state index is 12.6. The molecule has 0 saturated heterocycles. The second-order valence-corrected chi connectivity index (χ2v) is 8.45. The van der Waals surface area contributed by atoms with Gasteiger partial charge in [-0.25, -0.2) is 4.98 Å². The van der Waals surface area contributed by atoms with Crippen LogP contribution in [0, 0.1) is 0 Å². The van der Waals surface area contributed by atoms with E-state index >= 15 is 0 Å². The molecule has 0 aliphatic rings. The van der Waals surface area contributed by atoms with Crippen LogP contribution in [0.25, 0.3) is 5.69 Å². The predicted molar refractivity (Wildman–Crippen MR) is 118 cm³/mol. The summed E-state index contributed by atoms with van der Waals surface area (Å²) in [7, 11) is 3.18. The third kappa shape index (κ3) is 5.33. The van der Waals surface area contributed by atoms with Crippen molar-refractivity contribution in [3.8, 4) is 17.2 Å². The Labute approximate surface area is 182 Å².